The fraction of sp³-hybridized carbons (Fsp3) is 0.516. The Morgan fingerprint density at radius 1 is 1.16 bits per heavy atom. The second kappa shape index (κ2) is 11.3. The number of nitrogens with zero attached hydrogens (tertiary/aromatic N) is 4. The number of carbonyl (C=O) groups is 1. The molecule has 230 valence electrons. The van der Waals surface area contributed by atoms with Gasteiger partial charge in [0.2, 0.25) is 0 Å². The maximum absolute atomic E-state index is 14.2. The molecule has 3 aromatic rings. The van der Waals surface area contributed by atoms with Crippen molar-refractivity contribution in [1.29, 1.82) is 0 Å². The van der Waals surface area contributed by atoms with Gasteiger partial charge in [0, 0.05) is 36.3 Å². The van der Waals surface area contributed by atoms with Crippen LogP contribution in [0, 0.1) is 5.92 Å². The minimum Gasteiger partial charge on any atom is -0.372 e. The van der Waals surface area contributed by atoms with Crippen molar-refractivity contribution in [3.63, 3.8) is 0 Å². The first-order chi connectivity index (χ1) is 20.4. The number of halogens is 5. The molecule has 0 spiro atoms. The fourth-order valence-electron chi connectivity index (χ4n) is 6.55. The van der Waals surface area contributed by atoms with E-state index in [1.54, 1.807) is 29.1 Å². The van der Waals surface area contributed by atoms with Gasteiger partial charge in [-0.25, -0.2) is 8.78 Å². The van der Waals surface area contributed by atoms with Crippen molar-refractivity contribution in [2.24, 2.45) is 13.0 Å². The average Bonchev–Trinajstić information content (AvgIpc) is 3.49. The van der Waals surface area contributed by atoms with Gasteiger partial charge in [0.15, 0.2) is 0 Å². The van der Waals surface area contributed by atoms with Crippen molar-refractivity contribution >= 4 is 11.6 Å². The van der Waals surface area contributed by atoms with E-state index in [2.05, 4.69) is 22.4 Å². The second-order valence-corrected chi connectivity index (χ2v) is 12.3. The Hall–Kier alpha value is -3.38. The van der Waals surface area contributed by atoms with Crippen molar-refractivity contribution in [1.82, 2.24) is 20.1 Å². The Kier molecular flexibility index (Phi) is 7.78. The summed E-state index contributed by atoms with van der Waals surface area (Å²) < 4.78 is 75.1. The third kappa shape index (κ3) is 5.91. The third-order valence-electron chi connectivity index (χ3n) is 9.21. The number of ether oxygens (including phenoxy) is 1. The summed E-state index contributed by atoms with van der Waals surface area (Å²) in [7, 11) is 1.81. The van der Waals surface area contributed by atoms with E-state index >= 15 is 0 Å². The summed E-state index contributed by atoms with van der Waals surface area (Å²) in [6.45, 7) is 1.50. The smallest absolute Gasteiger partial charge is 0.372 e. The fourth-order valence-corrected chi connectivity index (χ4v) is 6.55. The molecule has 1 aliphatic heterocycles. The first kappa shape index (κ1) is 29.7. The summed E-state index contributed by atoms with van der Waals surface area (Å²) in [4.78, 5) is 15.1. The van der Waals surface area contributed by atoms with Crippen molar-refractivity contribution in [2.45, 2.75) is 82.3 Å². The minimum atomic E-state index is -4.61. The number of hydrogen-bond donors (Lipinski definition) is 1. The number of carbonyl (C=O) groups excluding carboxylic acids is 1. The predicted molar refractivity (Wildman–Crippen MR) is 149 cm³/mol. The van der Waals surface area contributed by atoms with Crippen LogP contribution in [0.1, 0.15) is 83.4 Å². The van der Waals surface area contributed by atoms with Gasteiger partial charge in [-0.05, 0) is 85.9 Å². The Labute approximate surface area is 246 Å². The highest BCUT2D eigenvalue weighted by Crippen LogP contribution is 2.46. The molecule has 0 bridgehead atoms. The molecule has 6 rings (SSSR count). The number of alkyl halides is 5. The maximum atomic E-state index is 14.2. The molecular weight excluding hydrogens is 569 g/mol. The number of aryl methyl sites for hydroxylation is 1. The number of amides is 1. The Balaban J connectivity index is 1.28. The van der Waals surface area contributed by atoms with Gasteiger partial charge in [0.25, 0.3) is 12.3 Å². The number of nitrogens with one attached hydrogen (secondary N) is 1. The second-order valence-electron chi connectivity index (χ2n) is 12.3. The van der Waals surface area contributed by atoms with E-state index in [0.717, 1.165) is 30.9 Å². The molecule has 0 saturated heterocycles. The lowest BCUT2D eigenvalue weighted by molar-refractivity contribution is -0.138. The van der Waals surface area contributed by atoms with Gasteiger partial charge in [-0.2, -0.15) is 13.2 Å². The van der Waals surface area contributed by atoms with E-state index < -0.39 is 30.7 Å². The monoisotopic (exact) mass is 603 g/mol. The number of benzene rings is 2. The van der Waals surface area contributed by atoms with Crippen molar-refractivity contribution in [3.05, 3.63) is 76.4 Å². The van der Waals surface area contributed by atoms with Gasteiger partial charge >= 0.3 is 6.18 Å². The lowest BCUT2D eigenvalue weighted by Crippen LogP contribution is -2.47. The van der Waals surface area contributed by atoms with Crippen LogP contribution in [0.2, 0.25) is 0 Å². The molecule has 1 aromatic heterocycles. The SMILES string of the molecule is Cn1cnnc1[C@@H](c1cccc(N2Cc3c(cc(CNC4(C)CCC4)cc3C(F)(F)F)C2=O)c1)C1CC(OCC(F)F)C1. The van der Waals surface area contributed by atoms with Crippen LogP contribution in [0.25, 0.3) is 0 Å². The van der Waals surface area contributed by atoms with E-state index in [4.69, 9.17) is 4.74 Å². The predicted octanol–water partition coefficient (Wildman–Crippen LogP) is 6.22. The summed E-state index contributed by atoms with van der Waals surface area (Å²) in [6, 6.07) is 9.92. The number of hydrogen-bond acceptors (Lipinski definition) is 5. The lowest BCUT2D eigenvalue weighted by Gasteiger charge is -2.40. The molecule has 43 heavy (non-hydrogen) atoms. The molecule has 7 nitrogen and oxygen atoms in total. The summed E-state index contributed by atoms with van der Waals surface area (Å²) in [6.07, 6.45) is -1.75. The number of rotatable bonds is 10. The first-order valence-electron chi connectivity index (χ1n) is 14.6. The zero-order chi connectivity index (χ0) is 30.5. The molecule has 0 radical (unpaired) electrons. The van der Waals surface area contributed by atoms with Gasteiger partial charge in [0.05, 0.1) is 18.2 Å². The van der Waals surface area contributed by atoms with Gasteiger partial charge in [-0.1, -0.05) is 12.1 Å². The van der Waals surface area contributed by atoms with Gasteiger partial charge < -0.3 is 19.5 Å². The average molecular weight is 604 g/mol. The normalized spacial score (nSPS) is 22.0. The van der Waals surface area contributed by atoms with Crippen LogP contribution in [0.5, 0.6) is 0 Å². The van der Waals surface area contributed by atoms with Crippen LogP contribution < -0.4 is 10.2 Å². The molecule has 2 aromatic carbocycles. The van der Waals surface area contributed by atoms with Crippen LogP contribution >= 0.6 is 0 Å². The Morgan fingerprint density at radius 2 is 1.93 bits per heavy atom. The number of anilines is 1. The molecule has 0 unspecified atom stereocenters. The molecule has 1 atom stereocenters. The van der Waals surface area contributed by atoms with Crippen LogP contribution in [-0.2, 0) is 31.1 Å². The summed E-state index contributed by atoms with van der Waals surface area (Å²) in [5.41, 5.74) is 0.883. The summed E-state index contributed by atoms with van der Waals surface area (Å²) in [5.74, 6) is -0.0530. The molecular formula is C31H34F5N5O2. The number of aromatic nitrogens is 3. The van der Waals surface area contributed by atoms with E-state index in [1.165, 1.54) is 4.90 Å². The first-order valence-corrected chi connectivity index (χ1v) is 14.6. The largest absolute Gasteiger partial charge is 0.416 e. The highest BCUT2D eigenvalue weighted by Gasteiger charge is 2.42. The van der Waals surface area contributed by atoms with Gasteiger partial charge in [-0.3, -0.25) is 4.79 Å². The molecule has 1 amide bonds. The lowest BCUT2D eigenvalue weighted by atomic mass is 9.70. The zero-order valence-corrected chi connectivity index (χ0v) is 24.0. The van der Waals surface area contributed by atoms with Crippen LogP contribution in [0.15, 0.2) is 42.7 Å². The molecule has 1 N–H and O–H groups in total. The molecule has 2 aliphatic carbocycles. The highest BCUT2D eigenvalue weighted by molar-refractivity contribution is 6.10. The van der Waals surface area contributed by atoms with Crippen molar-refractivity contribution in [3.8, 4) is 0 Å². The molecule has 12 heteroatoms. The van der Waals surface area contributed by atoms with Crippen LogP contribution in [-0.4, -0.2) is 45.3 Å². The van der Waals surface area contributed by atoms with E-state index in [-0.39, 0.29) is 47.7 Å². The van der Waals surface area contributed by atoms with E-state index in [1.807, 2.05) is 19.2 Å². The van der Waals surface area contributed by atoms with Gasteiger partial charge in [0.1, 0.15) is 18.8 Å². The van der Waals surface area contributed by atoms with E-state index in [9.17, 15) is 26.7 Å². The Bertz CT molecular complexity index is 1500. The molecule has 3 aliphatic rings. The van der Waals surface area contributed by atoms with Crippen LogP contribution in [0.4, 0.5) is 27.6 Å². The summed E-state index contributed by atoms with van der Waals surface area (Å²) in [5, 5.41) is 11.7. The Morgan fingerprint density at radius 3 is 2.56 bits per heavy atom. The topological polar surface area (TPSA) is 72.3 Å². The van der Waals surface area contributed by atoms with Gasteiger partial charge in [-0.15, -0.1) is 10.2 Å². The summed E-state index contributed by atoms with van der Waals surface area (Å²) >= 11 is 0. The minimum absolute atomic E-state index is 0.0237. The third-order valence-corrected chi connectivity index (χ3v) is 9.21. The molecule has 2 heterocycles. The zero-order valence-electron chi connectivity index (χ0n) is 24.0. The van der Waals surface area contributed by atoms with Crippen LogP contribution in [0.3, 0.4) is 0 Å². The maximum Gasteiger partial charge on any atom is 0.416 e. The van der Waals surface area contributed by atoms with E-state index in [0.29, 0.717) is 29.9 Å². The quantitative estimate of drug-likeness (QED) is 0.279. The highest BCUT2D eigenvalue weighted by atomic mass is 19.4. The molecule has 2 fully saturated rings. The van der Waals surface area contributed by atoms with Crippen molar-refractivity contribution < 1.29 is 31.5 Å². The molecule has 2 saturated carbocycles. The number of fused-ring (bicyclic) bond motifs is 1. The van der Waals surface area contributed by atoms with Crippen molar-refractivity contribution in [2.75, 3.05) is 11.5 Å². The standard InChI is InChI=1S/C31H34F5N5O2/c1-30(7-4-8-30)37-14-18-9-23-24(25(10-18)31(34,35)36)15-41(29(23)42)21-6-3-5-19(11-21)27(28-39-38-17-40(28)2)20-12-22(13-20)43-16-26(32)33/h3,5-6,9-11,17,20,22,26-27,37H,4,7-8,12-16H2,1-2H3/t20?,22?,27-/m0/s1.